The fourth-order valence-electron chi connectivity index (χ4n) is 3.96. The molecule has 1 amide bonds. The Hall–Kier alpha value is -2.98. The average molecular weight is 614 g/mol. The van der Waals surface area contributed by atoms with E-state index < -0.39 is 0 Å². The number of methoxy groups -OCH3 is 1. The molecule has 0 fully saturated rings. The van der Waals surface area contributed by atoms with Crippen molar-refractivity contribution in [3.63, 3.8) is 0 Å². The normalized spacial score (nSPS) is 14.2. The molecule has 0 N–H and O–H groups in total. The van der Waals surface area contributed by atoms with E-state index in [4.69, 9.17) is 9.72 Å². The van der Waals surface area contributed by atoms with Gasteiger partial charge in [0.05, 0.1) is 35.0 Å². The molecule has 0 saturated heterocycles. The highest BCUT2D eigenvalue weighted by Crippen LogP contribution is 2.38. The molecule has 0 spiro atoms. The number of carbonyl (C=O) groups excluding carboxylic acids is 1. The maximum atomic E-state index is 13.7. The van der Waals surface area contributed by atoms with Crippen LogP contribution in [0.25, 0.3) is 28.2 Å². The molecular weight excluding hydrogens is 597 g/mol. The van der Waals surface area contributed by atoms with Gasteiger partial charge in [0.15, 0.2) is 0 Å². The van der Waals surface area contributed by atoms with Gasteiger partial charge in [0.1, 0.15) is 11.6 Å². The molecule has 4 aromatic rings. The van der Waals surface area contributed by atoms with Crippen LogP contribution in [0.4, 0.5) is 5.69 Å². The van der Waals surface area contributed by atoms with Gasteiger partial charge in [-0.05, 0) is 77.2 Å². The van der Waals surface area contributed by atoms with Gasteiger partial charge in [-0.1, -0.05) is 22.0 Å². The van der Waals surface area contributed by atoms with E-state index in [1.807, 2.05) is 54.6 Å². The molecule has 6 nitrogen and oxygen atoms in total. The average Bonchev–Trinajstić information content (AvgIpc) is 3.04. The summed E-state index contributed by atoms with van der Waals surface area (Å²) in [6.45, 7) is 0. The van der Waals surface area contributed by atoms with Crippen LogP contribution in [0.3, 0.4) is 0 Å². The Kier molecular flexibility index (Phi) is 5.57. The lowest BCUT2D eigenvalue weighted by atomic mass is 10.1. The van der Waals surface area contributed by atoms with E-state index in [1.54, 1.807) is 31.2 Å². The molecule has 0 unspecified atom stereocenters. The number of carbonyl (C=O) groups is 1. The minimum atomic E-state index is -0.216. The van der Waals surface area contributed by atoms with Crippen LogP contribution in [0.1, 0.15) is 11.4 Å². The van der Waals surface area contributed by atoms with Crippen LogP contribution in [0.2, 0.25) is 0 Å². The first kappa shape index (κ1) is 21.8. The quantitative estimate of drug-likeness (QED) is 0.233. The first-order valence-corrected chi connectivity index (χ1v) is 11.9. The number of benzene rings is 3. The lowest BCUT2D eigenvalue weighted by molar-refractivity contribution is -0.112. The monoisotopic (exact) mass is 613 g/mol. The van der Waals surface area contributed by atoms with Crippen LogP contribution < -0.4 is 15.2 Å². The summed E-state index contributed by atoms with van der Waals surface area (Å²) in [5, 5.41) is 0.505. The Morgan fingerprint density at radius 3 is 2.67 bits per heavy atom. The summed E-state index contributed by atoms with van der Waals surface area (Å²) >= 11 is 5.67. The number of ether oxygens (including phenoxy) is 1. The maximum absolute atomic E-state index is 13.7. The lowest BCUT2D eigenvalue weighted by Crippen LogP contribution is -2.23. The van der Waals surface area contributed by atoms with E-state index in [0.717, 1.165) is 19.3 Å². The van der Waals surface area contributed by atoms with Crippen LogP contribution in [0.5, 0.6) is 5.75 Å². The molecule has 0 atom stereocenters. The number of fused-ring (bicyclic) bond motifs is 2. The van der Waals surface area contributed by atoms with Gasteiger partial charge in [0.2, 0.25) is 0 Å². The Bertz CT molecular complexity index is 1540. The SMILES string of the molecule is COc1cccc(-n2c(/C=C3\C(=O)N(C)c4ccc(Br)cc43)nc3ccc(I)cc3c2=O)c1. The summed E-state index contributed by atoms with van der Waals surface area (Å²) in [4.78, 5) is 33.2. The second kappa shape index (κ2) is 8.42. The summed E-state index contributed by atoms with van der Waals surface area (Å²) in [6, 6.07) is 18.5. The van der Waals surface area contributed by atoms with Crippen molar-refractivity contribution in [3.05, 3.63) is 90.4 Å². The first-order chi connectivity index (χ1) is 15.9. The van der Waals surface area contributed by atoms with Gasteiger partial charge >= 0.3 is 0 Å². The third kappa shape index (κ3) is 3.76. The summed E-state index contributed by atoms with van der Waals surface area (Å²) in [5.41, 5.74) is 3.02. The molecule has 5 rings (SSSR count). The standard InChI is InChI=1S/C25H17BrIN3O3/c1-29-22-9-6-14(26)10-18(22)19(24(29)31)13-23-28-21-8-7-15(27)11-20(21)25(32)30(23)16-4-3-5-17(12-16)33-2/h3-13H,1-2H3/b19-13-. The number of aromatic nitrogens is 2. The summed E-state index contributed by atoms with van der Waals surface area (Å²) in [5.74, 6) is 0.829. The molecule has 0 radical (unpaired) electrons. The molecule has 8 heteroatoms. The number of rotatable bonds is 3. The molecule has 0 aliphatic carbocycles. The van der Waals surface area contributed by atoms with Gasteiger partial charge in [-0.3, -0.25) is 14.2 Å². The van der Waals surface area contributed by atoms with Gasteiger partial charge in [0.25, 0.3) is 11.5 Å². The second-order valence-electron chi connectivity index (χ2n) is 7.56. The van der Waals surface area contributed by atoms with Crippen LogP contribution in [-0.2, 0) is 4.79 Å². The highest BCUT2D eigenvalue weighted by atomic mass is 127. The van der Waals surface area contributed by atoms with E-state index in [-0.39, 0.29) is 11.5 Å². The zero-order valence-electron chi connectivity index (χ0n) is 17.7. The minimum Gasteiger partial charge on any atom is -0.497 e. The molecule has 164 valence electrons. The summed E-state index contributed by atoms with van der Waals surface area (Å²) in [7, 11) is 3.31. The molecule has 2 heterocycles. The fourth-order valence-corrected chi connectivity index (χ4v) is 4.81. The van der Waals surface area contributed by atoms with Crippen molar-refractivity contribution in [1.82, 2.24) is 9.55 Å². The molecule has 0 bridgehead atoms. The molecule has 1 aliphatic rings. The predicted octanol–water partition coefficient (Wildman–Crippen LogP) is 5.28. The third-order valence-corrected chi connectivity index (χ3v) is 6.75. The van der Waals surface area contributed by atoms with Crippen molar-refractivity contribution >= 4 is 72.7 Å². The van der Waals surface area contributed by atoms with Gasteiger partial charge in [-0.2, -0.15) is 0 Å². The molecular formula is C25H17BrIN3O3. The number of hydrogen-bond donors (Lipinski definition) is 0. The Morgan fingerprint density at radius 1 is 1.06 bits per heavy atom. The highest BCUT2D eigenvalue weighted by molar-refractivity contribution is 14.1. The smallest absolute Gasteiger partial charge is 0.266 e. The van der Waals surface area contributed by atoms with E-state index in [1.165, 1.54) is 4.57 Å². The van der Waals surface area contributed by atoms with Crippen LogP contribution in [-0.4, -0.2) is 29.6 Å². The third-order valence-electron chi connectivity index (χ3n) is 5.59. The molecule has 1 aromatic heterocycles. The summed E-state index contributed by atoms with van der Waals surface area (Å²) < 4.78 is 8.69. The second-order valence-corrected chi connectivity index (χ2v) is 9.72. The Morgan fingerprint density at radius 2 is 1.88 bits per heavy atom. The van der Waals surface area contributed by atoms with Crippen molar-refractivity contribution < 1.29 is 9.53 Å². The Balaban J connectivity index is 1.83. The van der Waals surface area contributed by atoms with Crippen molar-refractivity contribution in [2.75, 3.05) is 19.1 Å². The first-order valence-electron chi connectivity index (χ1n) is 10.0. The number of hydrogen-bond acceptors (Lipinski definition) is 4. The van der Waals surface area contributed by atoms with E-state index in [9.17, 15) is 9.59 Å². The maximum Gasteiger partial charge on any atom is 0.266 e. The van der Waals surface area contributed by atoms with E-state index in [0.29, 0.717) is 33.7 Å². The minimum absolute atomic E-state index is 0.155. The Labute approximate surface area is 211 Å². The topological polar surface area (TPSA) is 64.4 Å². The number of nitrogens with zero attached hydrogens (tertiary/aromatic N) is 3. The van der Waals surface area contributed by atoms with Gasteiger partial charge in [0, 0.05) is 26.7 Å². The molecule has 1 aliphatic heterocycles. The fraction of sp³-hybridized carbons (Fsp3) is 0.0800. The van der Waals surface area contributed by atoms with Gasteiger partial charge in [-0.25, -0.2) is 4.98 Å². The molecule has 0 saturated carbocycles. The molecule has 3 aromatic carbocycles. The number of halogens is 2. The van der Waals surface area contributed by atoms with Crippen LogP contribution >= 0.6 is 38.5 Å². The van der Waals surface area contributed by atoms with Crippen molar-refractivity contribution in [1.29, 1.82) is 0 Å². The largest absolute Gasteiger partial charge is 0.497 e. The number of amides is 1. The zero-order valence-corrected chi connectivity index (χ0v) is 21.4. The van der Waals surface area contributed by atoms with E-state index >= 15 is 0 Å². The lowest BCUT2D eigenvalue weighted by Gasteiger charge is -2.13. The highest BCUT2D eigenvalue weighted by Gasteiger charge is 2.30. The van der Waals surface area contributed by atoms with Crippen molar-refractivity contribution in [3.8, 4) is 11.4 Å². The van der Waals surface area contributed by atoms with Crippen LogP contribution in [0.15, 0.2) is 69.9 Å². The van der Waals surface area contributed by atoms with Crippen molar-refractivity contribution in [2.24, 2.45) is 0 Å². The van der Waals surface area contributed by atoms with Gasteiger partial charge in [-0.15, -0.1) is 0 Å². The number of likely N-dealkylation sites (N-methyl/N-ethyl adjacent to an activating group) is 1. The van der Waals surface area contributed by atoms with Gasteiger partial charge < -0.3 is 9.64 Å². The molecule has 33 heavy (non-hydrogen) atoms. The van der Waals surface area contributed by atoms with Crippen LogP contribution in [0, 0.1) is 3.57 Å². The van der Waals surface area contributed by atoms with Crippen molar-refractivity contribution in [2.45, 2.75) is 0 Å². The predicted molar refractivity (Wildman–Crippen MR) is 142 cm³/mol. The summed E-state index contributed by atoms with van der Waals surface area (Å²) in [6.07, 6.45) is 1.69. The zero-order chi connectivity index (χ0) is 23.3. The van der Waals surface area contributed by atoms with E-state index in [2.05, 4.69) is 38.5 Å². The number of anilines is 1.